The maximum absolute atomic E-state index is 13.6. The number of aryl methyl sites for hydroxylation is 1. The van der Waals surface area contributed by atoms with Crippen LogP contribution < -0.4 is 10.2 Å². The molecule has 0 aliphatic carbocycles. The maximum Gasteiger partial charge on any atom is 0.409 e. The molecule has 2 aromatic rings. The fourth-order valence-corrected chi connectivity index (χ4v) is 4.20. The van der Waals surface area contributed by atoms with E-state index < -0.39 is 30.5 Å². The van der Waals surface area contributed by atoms with E-state index in [4.69, 9.17) is 0 Å². The molecule has 1 aromatic carbocycles. The van der Waals surface area contributed by atoms with E-state index in [1.807, 2.05) is 0 Å². The number of nitrogens with zero attached hydrogens (tertiary/aromatic N) is 3. The summed E-state index contributed by atoms with van der Waals surface area (Å²) in [6, 6.07) is 3.72. The summed E-state index contributed by atoms with van der Waals surface area (Å²) >= 11 is 2.27. The van der Waals surface area contributed by atoms with Crippen LogP contribution >= 0.6 is 23.1 Å². The molecular weight excluding hydrogens is 389 g/mol. The number of fused-ring (bicyclic) bond motifs is 1. The Kier molecular flexibility index (Phi) is 5.19. The Morgan fingerprint density at radius 3 is 2.77 bits per heavy atom. The van der Waals surface area contributed by atoms with Crippen molar-refractivity contribution in [1.82, 2.24) is 10.2 Å². The number of aromatic nitrogens is 2. The molecule has 2 amide bonds. The first-order chi connectivity index (χ1) is 12.3. The maximum atomic E-state index is 13.6. The van der Waals surface area contributed by atoms with Crippen molar-refractivity contribution in [3.63, 3.8) is 0 Å². The Bertz CT molecular complexity index is 840. The molecule has 1 atom stereocenters. The number of carbonyl (C=O) groups excluding carboxylic acids is 2. The zero-order valence-electron chi connectivity index (χ0n) is 13.4. The van der Waals surface area contributed by atoms with Gasteiger partial charge in [0.05, 0.1) is 23.5 Å². The molecule has 0 saturated heterocycles. The van der Waals surface area contributed by atoms with Crippen LogP contribution in [-0.2, 0) is 9.59 Å². The quantitative estimate of drug-likeness (QED) is 0.798. The molecule has 1 aliphatic heterocycles. The summed E-state index contributed by atoms with van der Waals surface area (Å²) in [5.74, 6) is -1.79. The van der Waals surface area contributed by atoms with E-state index in [1.165, 1.54) is 29.5 Å². The predicted octanol–water partition coefficient (Wildman–Crippen LogP) is 3.24. The van der Waals surface area contributed by atoms with Crippen molar-refractivity contribution in [3.05, 3.63) is 29.3 Å². The Morgan fingerprint density at radius 1 is 1.38 bits per heavy atom. The lowest BCUT2D eigenvalue weighted by molar-refractivity contribution is -0.157. The molecule has 6 nitrogen and oxygen atoms in total. The van der Waals surface area contributed by atoms with Crippen LogP contribution in [0.4, 0.5) is 24.5 Å². The average molecular weight is 402 g/mol. The van der Waals surface area contributed by atoms with Crippen molar-refractivity contribution in [3.8, 4) is 0 Å². The minimum Gasteiger partial charge on any atom is -0.324 e. The van der Waals surface area contributed by atoms with Crippen LogP contribution in [0.2, 0.25) is 0 Å². The second kappa shape index (κ2) is 7.23. The number of para-hydroxylation sites is 2. The summed E-state index contributed by atoms with van der Waals surface area (Å²) in [7, 11) is 0. The zero-order chi connectivity index (χ0) is 18.9. The van der Waals surface area contributed by atoms with Gasteiger partial charge in [-0.3, -0.25) is 14.5 Å². The van der Waals surface area contributed by atoms with Crippen molar-refractivity contribution in [2.45, 2.75) is 29.9 Å². The molecule has 0 bridgehead atoms. The Balaban J connectivity index is 1.93. The van der Waals surface area contributed by atoms with Crippen LogP contribution in [0.5, 0.6) is 0 Å². The van der Waals surface area contributed by atoms with Gasteiger partial charge in [0.15, 0.2) is 4.34 Å². The topological polar surface area (TPSA) is 75.2 Å². The van der Waals surface area contributed by atoms with E-state index >= 15 is 0 Å². The van der Waals surface area contributed by atoms with Gasteiger partial charge in [-0.2, -0.15) is 13.2 Å². The van der Waals surface area contributed by atoms with Crippen molar-refractivity contribution >= 4 is 46.3 Å². The van der Waals surface area contributed by atoms with Crippen molar-refractivity contribution in [2.75, 3.05) is 16.0 Å². The van der Waals surface area contributed by atoms with Gasteiger partial charge in [0.25, 0.3) is 0 Å². The number of rotatable bonds is 3. The summed E-state index contributed by atoms with van der Waals surface area (Å²) in [5, 5.41) is 10.8. The van der Waals surface area contributed by atoms with E-state index in [-0.39, 0.29) is 17.1 Å². The third-order valence-electron chi connectivity index (χ3n) is 3.60. The Morgan fingerprint density at radius 2 is 2.12 bits per heavy atom. The predicted molar refractivity (Wildman–Crippen MR) is 92.4 cm³/mol. The third kappa shape index (κ3) is 3.98. The molecule has 3 rings (SSSR count). The number of hydrogen-bond acceptors (Lipinski definition) is 6. The van der Waals surface area contributed by atoms with Crippen molar-refractivity contribution in [1.29, 1.82) is 0 Å². The fraction of sp³-hybridized carbons (Fsp3) is 0.333. The van der Waals surface area contributed by atoms with Crippen LogP contribution in [-0.4, -0.2) is 40.0 Å². The number of nitrogens with one attached hydrogen (secondary N) is 1. The first-order valence-corrected chi connectivity index (χ1v) is 9.26. The van der Waals surface area contributed by atoms with Gasteiger partial charge in [-0.05, 0) is 19.1 Å². The van der Waals surface area contributed by atoms with Crippen LogP contribution in [0.15, 0.2) is 28.6 Å². The average Bonchev–Trinajstić information content (AvgIpc) is 2.90. The highest BCUT2D eigenvalue weighted by Crippen LogP contribution is 2.38. The molecule has 2 heterocycles. The normalized spacial score (nSPS) is 17.5. The second-order valence-corrected chi connectivity index (χ2v) is 7.87. The molecule has 1 N–H and O–H groups in total. The van der Waals surface area contributed by atoms with Gasteiger partial charge in [0, 0.05) is 0 Å². The zero-order valence-corrected chi connectivity index (χ0v) is 15.0. The summed E-state index contributed by atoms with van der Waals surface area (Å²) in [4.78, 5) is 25.2. The Labute approximate surface area is 154 Å². The summed E-state index contributed by atoms with van der Waals surface area (Å²) in [6.45, 7) is 1.74. The largest absolute Gasteiger partial charge is 0.409 e. The van der Waals surface area contributed by atoms with Crippen LogP contribution in [0.25, 0.3) is 0 Å². The SMILES string of the molecule is Cc1nnc(SCC(=O)N2c3ccccc3NC(=O)CC2C(F)(F)F)s1. The molecule has 1 aromatic heterocycles. The lowest BCUT2D eigenvalue weighted by Crippen LogP contribution is -2.50. The second-order valence-electron chi connectivity index (χ2n) is 5.47. The first-order valence-electron chi connectivity index (χ1n) is 7.46. The lowest BCUT2D eigenvalue weighted by atomic mass is 10.1. The van der Waals surface area contributed by atoms with Gasteiger partial charge >= 0.3 is 6.18 Å². The fourth-order valence-electron chi connectivity index (χ4n) is 2.53. The van der Waals surface area contributed by atoms with Gasteiger partial charge < -0.3 is 5.32 Å². The molecule has 138 valence electrons. The molecule has 0 radical (unpaired) electrons. The monoisotopic (exact) mass is 402 g/mol. The first kappa shape index (κ1) is 18.6. The molecule has 0 saturated carbocycles. The number of hydrogen-bond donors (Lipinski definition) is 1. The molecule has 1 unspecified atom stereocenters. The number of alkyl halides is 3. The van der Waals surface area contributed by atoms with Gasteiger partial charge in [0.2, 0.25) is 11.8 Å². The number of halogens is 3. The van der Waals surface area contributed by atoms with Crippen LogP contribution in [0.3, 0.4) is 0 Å². The molecule has 0 fully saturated rings. The van der Waals surface area contributed by atoms with E-state index in [0.717, 1.165) is 11.8 Å². The molecular formula is C15H13F3N4O2S2. The summed E-state index contributed by atoms with van der Waals surface area (Å²) < 4.78 is 41.2. The number of benzene rings is 1. The summed E-state index contributed by atoms with van der Waals surface area (Å²) in [6.07, 6.45) is -5.60. The van der Waals surface area contributed by atoms with Crippen LogP contribution in [0.1, 0.15) is 11.4 Å². The highest BCUT2D eigenvalue weighted by Gasteiger charge is 2.48. The number of thioether (sulfide) groups is 1. The number of carbonyl (C=O) groups is 2. The molecule has 26 heavy (non-hydrogen) atoms. The smallest absolute Gasteiger partial charge is 0.324 e. The highest BCUT2D eigenvalue weighted by molar-refractivity contribution is 8.01. The summed E-state index contributed by atoms with van der Waals surface area (Å²) in [5.41, 5.74) is 0.203. The standard InChI is InChI=1S/C15H13F3N4O2S2/c1-8-20-21-14(26-8)25-7-13(24)22-10-5-3-2-4-9(10)19-12(23)6-11(22)15(16,17)18/h2-5,11H,6-7H2,1H3,(H,19,23). The van der Waals surface area contributed by atoms with E-state index in [9.17, 15) is 22.8 Å². The van der Waals surface area contributed by atoms with Gasteiger partial charge in [-0.1, -0.05) is 35.2 Å². The third-order valence-corrected chi connectivity index (χ3v) is 5.56. The Hall–Kier alpha value is -2.14. The van der Waals surface area contributed by atoms with E-state index in [2.05, 4.69) is 15.5 Å². The highest BCUT2D eigenvalue weighted by atomic mass is 32.2. The molecule has 0 spiro atoms. The van der Waals surface area contributed by atoms with Crippen molar-refractivity contribution in [2.24, 2.45) is 0 Å². The number of amides is 2. The van der Waals surface area contributed by atoms with Gasteiger partial charge in [0.1, 0.15) is 11.0 Å². The van der Waals surface area contributed by atoms with Gasteiger partial charge in [-0.25, -0.2) is 0 Å². The molecule has 1 aliphatic rings. The number of anilines is 2. The lowest BCUT2D eigenvalue weighted by Gasteiger charge is -2.31. The molecule has 11 heteroatoms. The minimum absolute atomic E-state index is 0.0275. The van der Waals surface area contributed by atoms with Crippen molar-refractivity contribution < 1.29 is 22.8 Å². The van der Waals surface area contributed by atoms with Crippen LogP contribution in [0, 0.1) is 6.92 Å². The van der Waals surface area contributed by atoms with E-state index in [1.54, 1.807) is 13.0 Å². The van der Waals surface area contributed by atoms with E-state index in [0.29, 0.717) is 14.2 Å². The minimum atomic E-state index is -4.74. The van der Waals surface area contributed by atoms with Gasteiger partial charge in [-0.15, -0.1) is 10.2 Å².